The number of aromatic nitrogens is 1. The van der Waals surface area contributed by atoms with Crippen LogP contribution in [0.4, 0.5) is 0 Å². The molecule has 0 radical (unpaired) electrons. The maximum atomic E-state index is 13.0. The predicted molar refractivity (Wildman–Crippen MR) is 102 cm³/mol. The van der Waals surface area contributed by atoms with E-state index in [1.807, 2.05) is 0 Å². The van der Waals surface area contributed by atoms with Crippen LogP contribution < -0.4 is 10.6 Å². The van der Waals surface area contributed by atoms with Gasteiger partial charge in [0.05, 0.1) is 12.1 Å². The third-order valence-corrected chi connectivity index (χ3v) is 5.07. The fourth-order valence-electron chi connectivity index (χ4n) is 3.52. The summed E-state index contributed by atoms with van der Waals surface area (Å²) in [6.45, 7) is 1.00. The molecule has 10 heteroatoms. The molecule has 0 spiro atoms. The molecule has 10 nitrogen and oxygen atoms in total. The minimum Gasteiger partial charge on any atom is -0.375 e. The Kier molecular flexibility index (Phi) is 6.76. The Hall–Kier alpha value is -3.01. The maximum Gasteiger partial charge on any atom is 0.256 e. The van der Waals surface area contributed by atoms with Gasteiger partial charge in [0.1, 0.15) is 18.7 Å². The first-order chi connectivity index (χ1) is 14.0. The monoisotopic (exact) mass is 403 g/mol. The smallest absolute Gasteiger partial charge is 0.256 e. The van der Waals surface area contributed by atoms with Crippen molar-refractivity contribution in [2.24, 2.45) is 0 Å². The maximum absolute atomic E-state index is 13.0. The lowest BCUT2D eigenvalue weighted by Crippen LogP contribution is -2.63. The van der Waals surface area contributed by atoms with Crippen LogP contribution in [0.3, 0.4) is 0 Å². The van der Waals surface area contributed by atoms with Gasteiger partial charge in [-0.25, -0.2) is 0 Å². The van der Waals surface area contributed by atoms with Crippen LogP contribution in [0.15, 0.2) is 24.5 Å². The summed E-state index contributed by atoms with van der Waals surface area (Å²) in [5.74, 6) is -1.29. The summed E-state index contributed by atoms with van der Waals surface area (Å²) in [6.07, 6.45) is 4.30. The number of rotatable bonds is 5. The fraction of sp³-hybridized carbons (Fsp3) is 0.526. The molecule has 156 valence electrons. The first kappa shape index (κ1) is 20.7. The lowest BCUT2D eigenvalue weighted by atomic mass is 10.0. The Bertz CT molecular complexity index is 772. The molecule has 29 heavy (non-hydrogen) atoms. The summed E-state index contributed by atoms with van der Waals surface area (Å²) in [7, 11) is 1.42. The summed E-state index contributed by atoms with van der Waals surface area (Å²) in [5.41, 5.74) is 0.359. The van der Waals surface area contributed by atoms with Gasteiger partial charge in [-0.3, -0.25) is 24.2 Å². The zero-order chi connectivity index (χ0) is 20.8. The van der Waals surface area contributed by atoms with Gasteiger partial charge in [0, 0.05) is 39.1 Å². The van der Waals surface area contributed by atoms with E-state index in [4.69, 9.17) is 4.74 Å². The van der Waals surface area contributed by atoms with Gasteiger partial charge in [-0.05, 0) is 25.0 Å². The molecular weight excluding hydrogens is 378 g/mol. The van der Waals surface area contributed by atoms with Crippen LogP contribution >= 0.6 is 0 Å². The van der Waals surface area contributed by atoms with Gasteiger partial charge < -0.3 is 25.2 Å². The van der Waals surface area contributed by atoms with Gasteiger partial charge in [0.2, 0.25) is 17.7 Å². The Morgan fingerprint density at radius 3 is 2.86 bits per heavy atom. The molecule has 2 N–H and O–H groups in total. The van der Waals surface area contributed by atoms with Crippen LogP contribution in [0.1, 0.15) is 23.2 Å². The van der Waals surface area contributed by atoms with Crippen LogP contribution in [0.5, 0.6) is 0 Å². The highest BCUT2D eigenvalue weighted by Crippen LogP contribution is 2.16. The van der Waals surface area contributed by atoms with Crippen LogP contribution in [0, 0.1) is 0 Å². The number of carbonyl (C=O) groups excluding carboxylic acids is 4. The number of hydrogen-bond acceptors (Lipinski definition) is 6. The molecule has 0 saturated carbocycles. The third-order valence-electron chi connectivity index (χ3n) is 5.07. The first-order valence-electron chi connectivity index (χ1n) is 9.57. The highest BCUT2D eigenvalue weighted by Gasteiger charge is 2.38. The molecule has 3 rings (SSSR count). The minimum atomic E-state index is -0.910. The first-order valence-corrected chi connectivity index (χ1v) is 9.57. The molecule has 2 aliphatic heterocycles. The van der Waals surface area contributed by atoms with E-state index in [2.05, 4.69) is 15.6 Å². The Labute approximate surface area is 168 Å². The highest BCUT2D eigenvalue weighted by molar-refractivity contribution is 5.99. The van der Waals surface area contributed by atoms with Crippen molar-refractivity contribution < 1.29 is 23.9 Å². The lowest BCUT2D eigenvalue weighted by molar-refractivity contribution is -0.141. The van der Waals surface area contributed by atoms with Gasteiger partial charge >= 0.3 is 0 Å². The summed E-state index contributed by atoms with van der Waals surface area (Å²) in [5, 5.41) is 5.46. The second-order valence-corrected chi connectivity index (χ2v) is 7.02. The van der Waals surface area contributed by atoms with Crippen molar-refractivity contribution in [1.82, 2.24) is 25.4 Å². The Balaban J connectivity index is 1.78. The van der Waals surface area contributed by atoms with Crippen molar-refractivity contribution in [1.29, 1.82) is 0 Å². The molecule has 0 aliphatic carbocycles. The molecule has 2 saturated heterocycles. The van der Waals surface area contributed by atoms with E-state index in [1.54, 1.807) is 18.3 Å². The summed E-state index contributed by atoms with van der Waals surface area (Å²) < 4.78 is 4.90. The summed E-state index contributed by atoms with van der Waals surface area (Å²) in [4.78, 5) is 57.1. The third kappa shape index (κ3) is 4.89. The predicted octanol–water partition coefficient (Wildman–Crippen LogP) is -1.22. The molecule has 2 fully saturated rings. The molecule has 3 heterocycles. The Morgan fingerprint density at radius 1 is 1.34 bits per heavy atom. The van der Waals surface area contributed by atoms with Gasteiger partial charge in [-0.15, -0.1) is 0 Å². The summed E-state index contributed by atoms with van der Waals surface area (Å²) >= 11 is 0. The quantitative estimate of drug-likeness (QED) is 0.636. The molecule has 0 aromatic carbocycles. The van der Waals surface area contributed by atoms with Gasteiger partial charge in [-0.2, -0.15) is 0 Å². The number of ether oxygens (including phenoxy) is 1. The van der Waals surface area contributed by atoms with Crippen LogP contribution in [0.2, 0.25) is 0 Å². The zero-order valence-electron chi connectivity index (χ0n) is 16.3. The van der Waals surface area contributed by atoms with E-state index in [1.165, 1.54) is 23.1 Å². The zero-order valence-corrected chi connectivity index (χ0v) is 16.3. The van der Waals surface area contributed by atoms with Crippen molar-refractivity contribution >= 4 is 23.6 Å². The molecular formula is C19H25N5O5. The normalized spacial score (nSPS) is 22.0. The molecule has 0 bridgehead atoms. The van der Waals surface area contributed by atoms with Crippen molar-refractivity contribution in [3.63, 3.8) is 0 Å². The number of nitrogens with one attached hydrogen (secondary N) is 2. The van der Waals surface area contributed by atoms with Crippen molar-refractivity contribution in [3.05, 3.63) is 30.1 Å². The molecule has 4 amide bonds. The second-order valence-electron chi connectivity index (χ2n) is 7.02. The number of carbonyl (C=O) groups is 4. The number of piperidine rings is 1. The number of pyridine rings is 1. The number of amides is 4. The van der Waals surface area contributed by atoms with E-state index < -0.39 is 18.0 Å². The minimum absolute atomic E-state index is 0.0361. The average molecular weight is 403 g/mol. The summed E-state index contributed by atoms with van der Waals surface area (Å²) in [6, 6.07) is 1.72. The van der Waals surface area contributed by atoms with Gasteiger partial charge in [0.25, 0.3) is 5.91 Å². The number of piperazine rings is 1. The molecule has 2 unspecified atom stereocenters. The van der Waals surface area contributed by atoms with Crippen LogP contribution in [-0.2, 0) is 19.1 Å². The van der Waals surface area contributed by atoms with E-state index >= 15 is 0 Å². The van der Waals surface area contributed by atoms with Gasteiger partial charge in [0.15, 0.2) is 0 Å². The van der Waals surface area contributed by atoms with Crippen molar-refractivity contribution in [2.75, 3.05) is 39.9 Å². The molecule has 2 atom stereocenters. The standard InChI is InChI=1S/C19H25N5O5/c1-29-12-16(25)23-8-9-24(19(28)13-4-2-6-20-10-13)15(11-23)18(27)22-14-5-3-7-21-17(14)26/h2,4,6,10,14-15H,3,5,7-9,11-12H2,1H3,(H,21,26)(H,22,27). The molecule has 1 aromatic rings. The second kappa shape index (κ2) is 9.46. The van der Waals surface area contributed by atoms with E-state index in [9.17, 15) is 19.2 Å². The fourth-order valence-corrected chi connectivity index (χ4v) is 3.52. The van der Waals surface area contributed by atoms with Gasteiger partial charge in [-0.1, -0.05) is 0 Å². The SMILES string of the molecule is COCC(=O)N1CCN(C(=O)c2cccnc2)C(C(=O)NC2CCCNC2=O)C1. The van der Waals surface area contributed by atoms with Crippen molar-refractivity contribution in [3.8, 4) is 0 Å². The van der Waals surface area contributed by atoms with E-state index in [0.29, 0.717) is 25.1 Å². The number of methoxy groups -OCH3 is 1. The van der Waals surface area contributed by atoms with E-state index in [-0.39, 0.29) is 37.4 Å². The largest absolute Gasteiger partial charge is 0.375 e. The molecule has 2 aliphatic rings. The average Bonchev–Trinajstić information content (AvgIpc) is 2.75. The molecule has 1 aromatic heterocycles. The Morgan fingerprint density at radius 2 is 2.17 bits per heavy atom. The van der Waals surface area contributed by atoms with E-state index in [0.717, 1.165) is 6.42 Å². The number of nitrogens with zero attached hydrogens (tertiary/aromatic N) is 3. The lowest BCUT2D eigenvalue weighted by Gasteiger charge is -2.41. The van der Waals surface area contributed by atoms with Crippen molar-refractivity contribution in [2.45, 2.75) is 24.9 Å². The van der Waals surface area contributed by atoms with Crippen LogP contribution in [-0.4, -0.2) is 90.4 Å². The van der Waals surface area contributed by atoms with Crippen LogP contribution in [0.25, 0.3) is 0 Å². The topological polar surface area (TPSA) is 121 Å². The number of hydrogen-bond donors (Lipinski definition) is 2. The highest BCUT2D eigenvalue weighted by atomic mass is 16.5.